The van der Waals surface area contributed by atoms with E-state index < -0.39 is 17.6 Å². The van der Waals surface area contributed by atoms with E-state index in [0.717, 1.165) is 25.0 Å². The fourth-order valence-corrected chi connectivity index (χ4v) is 4.98. The van der Waals surface area contributed by atoms with E-state index in [-0.39, 0.29) is 17.3 Å². The van der Waals surface area contributed by atoms with Crippen LogP contribution < -0.4 is 0 Å². The van der Waals surface area contributed by atoms with Gasteiger partial charge in [0.1, 0.15) is 5.82 Å². The molecule has 114 valence electrons. The van der Waals surface area contributed by atoms with Crippen LogP contribution in [0.4, 0.5) is 17.6 Å². The second-order valence-corrected chi connectivity index (χ2v) is 7.32. The summed E-state index contributed by atoms with van der Waals surface area (Å²) in [5, 5.41) is 0.849. The number of hydrogen-bond acceptors (Lipinski definition) is 2. The Balaban J connectivity index is 1.86. The smallest absolute Gasteiger partial charge is 0.294 e. The molecule has 0 amide bonds. The monoisotopic (exact) mass is 318 g/mol. The van der Waals surface area contributed by atoms with Gasteiger partial charge in [0, 0.05) is 22.0 Å². The largest absolute Gasteiger partial charge is 0.416 e. The fourth-order valence-electron chi connectivity index (χ4n) is 3.20. The highest BCUT2D eigenvalue weighted by Crippen LogP contribution is 2.46. The number of alkyl halides is 3. The number of fused-ring (bicyclic) bond motifs is 2. The molecule has 21 heavy (non-hydrogen) atoms. The van der Waals surface area contributed by atoms with E-state index in [1.165, 1.54) is 0 Å². The number of benzene rings is 1. The van der Waals surface area contributed by atoms with Crippen molar-refractivity contribution in [2.24, 2.45) is 5.92 Å². The Kier molecular flexibility index (Phi) is 3.76. The van der Waals surface area contributed by atoms with Crippen LogP contribution >= 0.6 is 11.8 Å². The maximum absolute atomic E-state index is 13.4. The number of thioether (sulfide) groups is 1. The summed E-state index contributed by atoms with van der Waals surface area (Å²) in [6, 6.07) is 2.12. The molecule has 2 bridgehead atoms. The molecule has 0 aromatic heterocycles. The van der Waals surface area contributed by atoms with E-state index in [2.05, 4.69) is 0 Å². The van der Waals surface area contributed by atoms with Crippen LogP contribution in [-0.2, 0) is 6.18 Å². The van der Waals surface area contributed by atoms with Gasteiger partial charge in [0.25, 0.3) is 0 Å². The number of halogens is 4. The Morgan fingerprint density at radius 3 is 2.29 bits per heavy atom. The van der Waals surface area contributed by atoms with E-state index in [9.17, 15) is 22.4 Å². The second-order valence-electron chi connectivity index (χ2n) is 5.72. The molecule has 0 saturated carbocycles. The quantitative estimate of drug-likeness (QED) is 0.581. The van der Waals surface area contributed by atoms with Crippen LogP contribution in [-0.4, -0.2) is 16.3 Å². The molecule has 2 aliphatic heterocycles. The van der Waals surface area contributed by atoms with Crippen molar-refractivity contribution >= 4 is 17.5 Å². The molecule has 0 spiro atoms. The molecule has 0 radical (unpaired) electrons. The standard InChI is InChI=1S/C15H14F4OS/c16-11-4-8(3-10(7-11)15(17,18)19)14(20)9-5-12-1-2-13(6-9)21-12/h3-4,7,9,12-13H,1-2,5-6H2. The predicted octanol–water partition coefficient (Wildman–Crippen LogP) is 4.70. The van der Waals surface area contributed by atoms with Crippen molar-refractivity contribution in [2.75, 3.05) is 0 Å². The van der Waals surface area contributed by atoms with E-state index >= 15 is 0 Å². The van der Waals surface area contributed by atoms with E-state index in [1.54, 1.807) is 0 Å². The van der Waals surface area contributed by atoms with Crippen LogP contribution in [0.1, 0.15) is 41.6 Å². The zero-order valence-corrected chi connectivity index (χ0v) is 11.9. The van der Waals surface area contributed by atoms with E-state index in [4.69, 9.17) is 0 Å². The van der Waals surface area contributed by atoms with Gasteiger partial charge in [-0.3, -0.25) is 4.79 Å². The minimum atomic E-state index is -4.64. The summed E-state index contributed by atoms with van der Waals surface area (Å²) in [7, 11) is 0. The molecule has 1 aromatic rings. The first-order chi connectivity index (χ1) is 9.83. The molecule has 2 atom stereocenters. The molecule has 0 aliphatic carbocycles. The molecule has 3 rings (SSSR count). The normalized spacial score (nSPS) is 28.7. The van der Waals surface area contributed by atoms with Crippen molar-refractivity contribution in [3.63, 3.8) is 0 Å². The molecule has 6 heteroatoms. The summed E-state index contributed by atoms with van der Waals surface area (Å²) in [4.78, 5) is 12.4. The highest BCUT2D eigenvalue weighted by atomic mass is 32.2. The maximum atomic E-state index is 13.4. The number of carbonyl (C=O) groups excluding carboxylic acids is 1. The molecule has 1 aromatic carbocycles. The summed E-state index contributed by atoms with van der Waals surface area (Å²) in [6.45, 7) is 0. The summed E-state index contributed by atoms with van der Waals surface area (Å²) < 4.78 is 51.5. The summed E-state index contributed by atoms with van der Waals surface area (Å²) in [6.07, 6.45) is -1.12. The van der Waals surface area contributed by atoms with Gasteiger partial charge in [-0.2, -0.15) is 24.9 Å². The minimum Gasteiger partial charge on any atom is -0.294 e. The first-order valence-corrected chi connectivity index (χ1v) is 7.84. The number of carbonyl (C=O) groups is 1. The van der Waals surface area contributed by atoms with Gasteiger partial charge in [0.05, 0.1) is 5.56 Å². The lowest BCUT2D eigenvalue weighted by molar-refractivity contribution is -0.137. The summed E-state index contributed by atoms with van der Waals surface area (Å²) in [5.41, 5.74) is -1.25. The minimum absolute atomic E-state index is 0.154. The summed E-state index contributed by atoms with van der Waals surface area (Å²) >= 11 is 1.87. The molecule has 0 N–H and O–H groups in total. The third-order valence-electron chi connectivity index (χ3n) is 4.17. The van der Waals surface area contributed by atoms with Gasteiger partial charge in [-0.05, 0) is 43.9 Å². The van der Waals surface area contributed by atoms with Crippen LogP contribution in [0.3, 0.4) is 0 Å². The van der Waals surface area contributed by atoms with Gasteiger partial charge in [-0.25, -0.2) is 4.39 Å². The zero-order chi connectivity index (χ0) is 15.2. The van der Waals surface area contributed by atoms with Crippen LogP contribution in [0.15, 0.2) is 18.2 Å². The van der Waals surface area contributed by atoms with Gasteiger partial charge < -0.3 is 0 Å². The van der Waals surface area contributed by atoms with Crippen molar-refractivity contribution < 1.29 is 22.4 Å². The second kappa shape index (κ2) is 5.30. The SMILES string of the molecule is O=C(c1cc(F)cc(C(F)(F)F)c1)C1CC2CCC(C1)S2. The summed E-state index contributed by atoms with van der Waals surface area (Å²) in [5.74, 6) is -1.63. The lowest BCUT2D eigenvalue weighted by Gasteiger charge is -2.26. The van der Waals surface area contributed by atoms with Crippen molar-refractivity contribution in [3.05, 3.63) is 35.1 Å². The lowest BCUT2D eigenvalue weighted by Crippen LogP contribution is -2.25. The van der Waals surface area contributed by atoms with Crippen molar-refractivity contribution in [2.45, 2.75) is 42.4 Å². The van der Waals surface area contributed by atoms with Gasteiger partial charge in [0.15, 0.2) is 5.78 Å². The average Bonchev–Trinajstić information content (AvgIpc) is 2.75. The van der Waals surface area contributed by atoms with Crippen molar-refractivity contribution in [1.29, 1.82) is 0 Å². The molecular formula is C15H14F4OS. The number of hydrogen-bond donors (Lipinski definition) is 0. The Morgan fingerprint density at radius 2 is 1.71 bits per heavy atom. The first-order valence-electron chi connectivity index (χ1n) is 6.90. The van der Waals surface area contributed by atoms with Gasteiger partial charge in [-0.1, -0.05) is 0 Å². The van der Waals surface area contributed by atoms with E-state index in [0.29, 0.717) is 29.4 Å². The predicted molar refractivity (Wildman–Crippen MR) is 72.9 cm³/mol. The van der Waals surface area contributed by atoms with Crippen LogP contribution in [0.25, 0.3) is 0 Å². The van der Waals surface area contributed by atoms with E-state index in [1.807, 2.05) is 11.8 Å². The molecule has 2 unspecified atom stereocenters. The van der Waals surface area contributed by atoms with Crippen molar-refractivity contribution in [3.8, 4) is 0 Å². The Bertz CT molecular complexity index is 557. The first kappa shape index (κ1) is 14.9. The van der Waals surface area contributed by atoms with Crippen LogP contribution in [0.2, 0.25) is 0 Å². The number of ketones is 1. The van der Waals surface area contributed by atoms with Gasteiger partial charge >= 0.3 is 6.18 Å². The van der Waals surface area contributed by atoms with Crippen LogP contribution in [0.5, 0.6) is 0 Å². The highest BCUT2D eigenvalue weighted by molar-refractivity contribution is 8.00. The molecular weight excluding hydrogens is 304 g/mol. The van der Waals surface area contributed by atoms with Gasteiger partial charge in [0.2, 0.25) is 0 Å². The third kappa shape index (κ3) is 3.10. The molecule has 1 nitrogen and oxygen atoms in total. The van der Waals surface area contributed by atoms with Crippen LogP contribution in [0, 0.1) is 11.7 Å². The average molecular weight is 318 g/mol. The highest BCUT2D eigenvalue weighted by Gasteiger charge is 2.39. The molecule has 2 saturated heterocycles. The third-order valence-corrected chi connectivity index (χ3v) is 5.80. The fraction of sp³-hybridized carbons (Fsp3) is 0.533. The lowest BCUT2D eigenvalue weighted by atomic mass is 9.89. The van der Waals surface area contributed by atoms with Crippen molar-refractivity contribution in [1.82, 2.24) is 0 Å². The Hall–Kier alpha value is -1.04. The zero-order valence-electron chi connectivity index (χ0n) is 11.1. The maximum Gasteiger partial charge on any atom is 0.416 e. The number of Topliss-reactive ketones (excluding diaryl/α,β-unsaturated/α-hetero) is 1. The van der Waals surface area contributed by atoms with Gasteiger partial charge in [-0.15, -0.1) is 0 Å². The Labute approximate surface area is 124 Å². The molecule has 2 heterocycles. The topological polar surface area (TPSA) is 17.1 Å². The molecule has 2 fully saturated rings. The number of rotatable bonds is 2. The molecule has 2 aliphatic rings. The Morgan fingerprint density at radius 1 is 1.10 bits per heavy atom.